The van der Waals surface area contributed by atoms with Gasteiger partial charge in [-0.25, -0.2) is 8.42 Å². The Balaban J connectivity index is 3.14. The van der Waals surface area contributed by atoms with Crippen molar-refractivity contribution in [3.05, 3.63) is 15.8 Å². The van der Waals surface area contributed by atoms with E-state index in [1.54, 1.807) is 19.9 Å². The molecule has 0 radical (unpaired) electrons. The molecular formula is C10H17NO3S2. The molecule has 0 unspecified atom stereocenters. The number of hydrogen-bond acceptors (Lipinski definition) is 4. The number of nitrogens with zero attached hydrogens (tertiary/aromatic N) is 1. The fourth-order valence-corrected chi connectivity index (χ4v) is 4.53. The van der Waals surface area contributed by atoms with E-state index in [2.05, 4.69) is 0 Å². The minimum absolute atomic E-state index is 0.146. The minimum Gasteiger partial charge on any atom is -0.395 e. The van der Waals surface area contributed by atoms with E-state index in [0.29, 0.717) is 11.4 Å². The van der Waals surface area contributed by atoms with Gasteiger partial charge in [0.25, 0.3) is 0 Å². The molecule has 4 nitrogen and oxygen atoms in total. The highest BCUT2D eigenvalue weighted by molar-refractivity contribution is 7.89. The van der Waals surface area contributed by atoms with Crippen molar-refractivity contribution < 1.29 is 13.5 Å². The van der Waals surface area contributed by atoms with Crippen LogP contribution in [0.25, 0.3) is 0 Å². The average molecular weight is 263 g/mol. The van der Waals surface area contributed by atoms with Crippen LogP contribution in [-0.4, -0.2) is 37.5 Å². The monoisotopic (exact) mass is 263 g/mol. The Morgan fingerprint density at radius 3 is 2.44 bits per heavy atom. The second-order valence-electron chi connectivity index (χ2n) is 3.50. The van der Waals surface area contributed by atoms with Gasteiger partial charge in [0.15, 0.2) is 0 Å². The van der Waals surface area contributed by atoms with Gasteiger partial charge in [0.2, 0.25) is 10.0 Å². The van der Waals surface area contributed by atoms with Crippen LogP contribution in [0.15, 0.2) is 11.0 Å². The number of aliphatic hydroxyl groups excluding tert-OH is 1. The number of aliphatic hydroxyl groups is 1. The van der Waals surface area contributed by atoms with Crippen molar-refractivity contribution in [1.29, 1.82) is 0 Å². The number of likely N-dealkylation sites (N-methyl/N-ethyl adjacent to an activating group) is 1. The number of hydrogen-bond donors (Lipinski definition) is 1. The lowest BCUT2D eigenvalue weighted by Gasteiger charge is -2.18. The maximum atomic E-state index is 12.2. The van der Waals surface area contributed by atoms with Crippen LogP contribution in [0.4, 0.5) is 0 Å². The molecule has 16 heavy (non-hydrogen) atoms. The predicted molar refractivity (Wildman–Crippen MR) is 65.3 cm³/mol. The molecule has 1 aromatic rings. The van der Waals surface area contributed by atoms with Gasteiger partial charge < -0.3 is 5.11 Å². The van der Waals surface area contributed by atoms with Gasteiger partial charge in [-0.15, -0.1) is 11.3 Å². The molecule has 0 fully saturated rings. The summed E-state index contributed by atoms with van der Waals surface area (Å²) in [5.74, 6) is 0. The van der Waals surface area contributed by atoms with E-state index in [9.17, 15) is 8.42 Å². The van der Waals surface area contributed by atoms with Crippen LogP contribution in [0.2, 0.25) is 0 Å². The summed E-state index contributed by atoms with van der Waals surface area (Å²) in [7, 11) is -3.44. The first kappa shape index (κ1) is 13.6. The Bertz CT molecular complexity index is 451. The molecule has 0 saturated heterocycles. The largest absolute Gasteiger partial charge is 0.395 e. The maximum absolute atomic E-state index is 12.2. The molecule has 6 heteroatoms. The van der Waals surface area contributed by atoms with E-state index in [-0.39, 0.29) is 13.2 Å². The predicted octanol–water partition coefficient (Wildman–Crippen LogP) is 1.37. The normalized spacial score (nSPS) is 12.3. The third kappa shape index (κ3) is 2.63. The van der Waals surface area contributed by atoms with Crippen LogP contribution >= 0.6 is 11.3 Å². The lowest BCUT2D eigenvalue weighted by molar-refractivity contribution is 0.257. The van der Waals surface area contributed by atoms with Gasteiger partial charge in [0.05, 0.1) is 11.5 Å². The van der Waals surface area contributed by atoms with Gasteiger partial charge in [0, 0.05) is 22.8 Å². The van der Waals surface area contributed by atoms with Crippen molar-refractivity contribution in [3.8, 4) is 0 Å². The summed E-state index contributed by atoms with van der Waals surface area (Å²) in [6.07, 6.45) is 0. The van der Waals surface area contributed by atoms with Gasteiger partial charge >= 0.3 is 0 Å². The first-order chi connectivity index (χ1) is 7.43. The zero-order valence-electron chi connectivity index (χ0n) is 9.73. The molecule has 1 heterocycles. The maximum Gasteiger partial charge on any atom is 0.244 e. The van der Waals surface area contributed by atoms with E-state index >= 15 is 0 Å². The summed E-state index contributed by atoms with van der Waals surface area (Å²) < 4.78 is 25.7. The van der Waals surface area contributed by atoms with Crippen molar-refractivity contribution in [2.24, 2.45) is 0 Å². The van der Waals surface area contributed by atoms with Crippen LogP contribution in [0.1, 0.15) is 16.7 Å². The van der Waals surface area contributed by atoms with Crippen molar-refractivity contribution in [1.82, 2.24) is 4.31 Å². The van der Waals surface area contributed by atoms with Crippen LogP contribution in [-0.2, 0) is 10.0 Å². The Morgan fingerprint density at radius 2 is 2.06 bits per heavy atom. The SMILES string of the molecule is CCN(CCO)S(=O)(=O)c1cc(C)sc1C. The Kier molecular flexibility index (Phi) is 4.49. The van der Waals surface area contributed by atoms with Gasteiger partial charge in [-0.2, -0.15) is 4.31 Å². The number of sulfonamides is 1. The third-order valence-electron chi connectivity index (χ3n) is 2.32. The first-order valence-corrected chi connectivity index (χ1v) is 7.37. The number of rotatable bonds is 5. The fraction of sp³-hybridized carbons (Fsp3) is 0.600. The highest BCUT2D eigenvalue weighted by Gasteiger charge is 2.25. The lowest BCUT2D eigenvalue weighted by Crippen LogP contribution is -2.33. The molecule has 0 spiro atoms. The zero-order chi connectivity index (χ0) is 12.3. The van der Waals surface area contributed by atoms with Crippen LogP contribution < -0.4 is 0 Å². The molecule has 0 amide bonds. The lowest BCUT2D eigenvalue weighted by atomic mass is 10.4. The standard InChI is InChI=1S/C10H17NO3S2/c1-4-11(5-6-12)16(13,14)10-7-8(2)15-9(10)3/h7,12H,4-6H2,1-3H3. The molecule has 0 aromatic carbocycles. The van der Waals surface area contributed by atoms with E-state index in [4.69, 9.17) is 5.11 Å². The van der Waals surface area contributed by atoms with Crippen LogP contribution in [0.5, 0.6) is 0 Å². The molecule has 0 aliphatic rings. The number of aryl methyl sites for hydroxylation is 2. The summed E-state index contributed by atoms with van der Waals surface area (Å²) in [6.45, 7) is 5.82. The third-order valence-corrected chi connectivity index (χ3v) is 5.51. The second kappa shape index (κ2) is 5.27. The van der Waals surface area contributed by atoms with Crippen molar-refractivity contribution in [2.75, 3.05) is 19.7 Å². The summed E-state index contributed by atoms with van der Waals surface area (Å²) in [6, 6.07) is 1.69. The molecule has 0 atom stereocenters. The van der Waals surface area contributed by atoms with Crippen molar-refractivity contribution in [2.45, 2.75) is 25.7 Å². The molecule has 0 saturated carbocycles. The van der Waals surface area contributed by atoms with Gasteiger partial charge in [-0.1, -0.05) is 6.92 Å². The molecule has 1 rings (SSSR count). The fourth-order valence-electron chi connectivity index (χ4n) is 1.56. The van der Waals surface area contributed by atoms with Crippen molar-refractivity contribution in [3.63, 3.8) is 0 Å². The second-order valence-corrected chi connectivity index (χ2v) is 6.86. The molecule has 0 aliphatic heterocycles. The summed E-state index contributed by atoms with van der Waals surface area (Å²) in [4.78, 5) is 2.15. The molecule has 0 bridgehead atoms. The van der Waals surface area contributed by atoms with E-state index in [1.807, 2.05) is 6.92 Å². The topological polar surface area (TPSA) is 57.6 Å². The summed E-state index contributed by atoms with van der Waals surface area (Å²) >= 11 is 1.47. The minimum atomic E-state index is -3.44. The van der Waals surface area contributed by atoms with Crippen molar-refractivity contribution >= 4 is 21.4 Å². The Labute approximate surface area is 101 Å². The van der Waals surface area contributed by atoms with Gasteiger partial charge in [-0.3, -0.25) is 0 Å². The molecule has 1 N–H and O–H groups in total. The molecule has 0 aliphatic carbocycles. The Morgan fingerprint density at radius 1 is 1.44 bits per heavy atom. The zero-order valence-corrected chi connectivity index (χ0v) is 11.4. The van der Waals surface area contributed by atoms with E-state index < -0.39 is 10.0 Å². The van der Waals surface area contributed by atoms with Crippen LogP contribution in [0, 0.1) is 13.8 Å². The molecule has 1 aromatic heterocycles. The smallest absolute Gasteiger partial charge is 0.244 e. The highest BCUT2D eigenvalue weighted by atomic mass is 32.2. The van der Waals surface area contributed by atoms with E-state index in [1.165, 1.54) is 15.6 Å². The quantitative estimate of drug-likeness (QED) is 0.873. The molecule has 92 valence electrons. The van der Waals surface area contributed by atoms with Gasteiger partial charge in [-0.05, 0) is 19.9 Å². The number of thiophene rings is 1. The average Bonchev–Trinajstić information content (AvgIpc) is 2.54. The van der Waals surface area contributed by atoms with Crippen LogP contribution in [0.3, 0.4) is 0 Å². The Hall–Kier alpha value is -0.430. The van der Waals surface area contributed by atoms with Gasteiger partial charge in [0.1, 0.15) is 0 Å². The first-order valence-electron chi connectivity index (χ1n) is 5.11. The highest BCUT2D eigenvalue weighted by Crippen LogP contribution is 2.27. The molecular weight excluding hydrogens is 246 g/mol. The summed E-state index contributed by atoms with van der Waals surface area (Å²) in [5, 5.41) is 8.85. The summed E-state index contributed by atoms with van der Waals surface area (Å²) in [5.41, 5.74) is 0. The van der Waals surface area contributed by atoms with E-state index in [0.717, 1.165) is 9.75 Å².